The van der Waals surface area contributed by atoms with Crippen LogP contribution in [0, 0.1) is 3.57 Å². The highest BCUT2D eigenvalue weighted by Gasteiger charge is 2.17. The second-order valence-electron chi connectivity index (χ2n) is 3.89. The van der Waals surface area contributed by atoms with Crippen LogP contribution in [0.25, 0.3) is 21.9 Å². The topological polar surface area (TPSA) is 39.4 Å². The summed E-state index contributed by atoms with van der Waals surface area (Å²) in [5, 5.41) is 1.98. The fourth-order valence-electron chi connectivity index (χ4n) is 2.04. The van der Waals surface area contributed by atoms with Crippen LogP contribution in [-0.2, 0) is 4.74 Å². The van der Waals surface area contributed by atoms with Gasteiger partial charge in [0.05, 0.1) is 12.7 Å². The van der Waals surface area contributed by atoms with Crippen LogP contribution in [0.1, 0.15) is 10.4 Å². The van der Waals surface area contributed by atoms with Crippen LogP contribution in [0.3, 0.4) is 0 Å². The summed E-state index contributed by atoms with van der Waals surface area (Å²) in [6, 6.07) is 11.3. The van der Waals surface area contributed by atoms with Crippen LogP contribution in [-0.4, -0.2) is 13.1 Å². The number of fused-ring (bicyclic) bond motifs is 3. The van der Waals surface area contributed by atoms with Crippen molar-refractivity contribution < 1.29 is 13.9 Å². The highest BCUT2D eigenvalue weighted by Crippen LogP contribution is 2.33. The van der Waals surface area contributed by atoms with Gasteiger partial charge in [0.1, 0.15) is 11.2 Å². The molecule has 3 rings (SSSR count). The molecule has 3 nitrogen and oxygen atoms in total. The largest absolute Gasteiger partial charge is 0.465 e. The molecule has 0 bridgehead atoms. The molecule has 0 fully saturated rings. The van der Waals surface area contributed by atoms with Gasteiger partial charge in [0.25, 0.3) is 0 Å². The van der Waals surface area contributed by atoms with Crippen LogP contribution < -0.4 is 0 Å². The number of benzene rings is 2. The summed E-state index contributed by atoms with van der Waals surface area (Å²) in [4.78, 5) is 11.7. The number of hydrogen-bond acceptors (Lipinski definition) is 3. The van der Waals surface area contributed by atoms with Gasteiger partial charge < -0.3 is 9.15 Å². The number of ether oxygens (including phenoxy) is 1. The molecule has 0 saturated carbocycles. The number of rotatable bonds is 1. The molecule has 1 aromatic heterocycles. The normalized spacial score (nSPS) is 11.0. The summed E-state index contributed by atoms with van der Waals surface area (Å²) >= 11 is 2.16. The summed E-state index contributed by atoms with van der Waals surface area (Å²) < 4.78 is 11.4. The number of carbonyl (C=O) groups is 1. The number of hydrogen-bond donors (Lipinski definition) is 0. The average Bonchev–Trinajstić information content (AvgIpc) is 2.77. The zero-order valence-electron chi connectivity index (χ0n) is 9.57. The van der Waals surface area contributed by atoms with Crippen molar-refractivity contribution in [1.82, 2.24) is 0 Å². The Morgan fingerprint density at radius 1 is 1.17 bits per heavy atom. The Balaban J connectivity index is 2.43. The van der Waals surface area contributed by atoms with E-state index in [9.17, 15) is 4.79 Å². The molecule has 0 aliphatic heterocycles. The minimum Gasteiger partial charge on any atom is -0.465 e. The molecule has 0 atom stereocenters. The molecule has 0 N–H and O–H groups in total. The lowest BCUT2D eigenvalue weighted by Gasteiger charge is -2.02. The van der Waals surface area contributed by atoms with E-state index in [-0.39, 0.29) is 5.97 Å². The second-order valence-corrected chi connectivity index (χ2v) is 4.97. The van der Waals surface area contributed by atoms with Gasteiger partial charge in [-0.25, -0.2) is 4.79 Å². The van der Waals surface area contributed by atoms with Crippen molar-refractivity contribution in [1.29, 1.82) is 0 Å². The number of furan rings is 1. The van der Waals surface area contributed by atoms with Crippen molar-refractivity contribution in [2.45, 2.75) is 0 Å². The minimum absolute atomic E-state index is 0.327. The van der Waals surface area contributed by atoms with E-state index in [1.54, 1.807) is 6.07 Å². The first kappa shape index (κ1) is 11.5. The molecule has 0 radical (unpaired) electrons. The first-order chi connectivity index (χ1) is 8.72. The predicted octanol–water partition coefficient (Wildman–Crippen LogP) is 3.98. The fraction of sp³-hybridized carbons (Fsp3) is 0.0714. The number of esters is 1. The summed E-state index contributed by atoms with van der Waals surface area (Å²) in [5.41, 5.74) is 2.18. The molecule has 90 valence electrons. The number of halogens is 1. The predicted molar refractivity (Wildman–Crippen MR) is 77.8 cm³/mol. The molecular weight excluding hydrogens is 343 g/mol. The van der Waals surface area contributed by atoms with Crippen LogP contribution in [0.2, 0.25) is 0 Å². The third-order valence-electron chi connectivity index (χ3n) is 2.89. The lowest BCUT2D eigenvalue weighted by molar-refractivity contribution is 0.0600. The van der Waals surface area contributed by atoms with E-state index >= 15 is 0 Å². The van der Waals surface area contributed by atoms with Gasteiger partial charge in [0, 0.05) is 14.3 Å². The molecule has 0 unspecified atom stereocenters. The van der Waals surface area contributed by atoms with E-state index in [0.29, 0.717) is 5.56 Å². The lowest BCUT2D eigenvalue weighted by Crippen LogP contribution is -2.03. The van der Waals surface area contributed by atoms with E-state index < -0.39 is 0 Å². The van der Waals surface area contributed by atoms with E-state index in [4.69, 9.17) is 9.15 Å². The molecule has 2 aromatic carbocycles. The van der Waals surface area contributed by atoms with Gasteiger partial charge >= 0.3 is 5.97 Å². The Morgan fingerprint density at radius 2 is 1.94 bits per heavy atom. The maximum Gasteiger partial charge on any atom is 0.338 e. The van der Waals surface area contributed by atoms with Crippen LogP contribution >= 0.6 is 22.6 Å². The highest BCUT2D eigenvalue weighted by molar-refractivity contribution is 14.1. The lowest BCUT2D eigenvalue weighted by atomic mass is 10.1. The quantitative estimate of drug-likeness (QED) is 0.491. The molecule has 0 saturated heterocycles. The molecule has 0 aliphatic rings. The monoisotopic (exact) mass is 352 g/mol. The minimum atomic E-state index is -0.327. The van der Waals surface area contributed by atoms with Crippen molar-refractivity contribution in [3.8, 4) is 0 Å². The van der Waals surface area contributed by atoms with E-state index in [1.807, 2.05) is 30.3 Å². The van der Waals surface area contributed by atoms with Crippen molar-refractivity contribution in [3.05, 3.63) is 45.5 Å². The Kier molecular flexibility index (Phi) is 2.74. The Hall–Kier alpha value is -1.56. The average molecular weight is 352 g/mol. The number of carbonyl (C=O) groups excluding carboxylic acids is 1. The maximum absolute atomic E-state index is 11.7. The third-order valence-corrected chi connectivity index (χ3v) is 4.01. The van der Waals surface area contributed by atoms with Crippen molar-refractivity contribution in [2.24, 2.45) is 0 Å². The summed E-state index contributed by atoms with van der Waals surface area (Å²) in [6.45, 7) is 0. The molecule has 3 aromatic rings. The van der Waals surface area contributed by atoms with E-state index in [2.05, 4.69) is 22.6 Å². The molecule has 0 aliphatic carbocycles. The zero-order valence-corrected chi connectivity index (χ0v) is 11.7. The van der Waals surface area contributed by atoms with Gasteiger partial charge in [-0.15, -0.1) is 0 Å². The van der Waals surface area contributed by atoms with Gasteiger partial charge in [-0.05, 0) is 40.8 Å². The third kappa shape index (κ3) is 1.59. The zero-order chi connectivity index (χ0) is 12.7. The summed E-state index contributed by atoms with van der Waals surface area (Å²) in [5.74, 6) is -0.327. The molecule has 18 heavy (non-hydrogen) atoms. The van der Waals surface area contributed by atoms with E-state index in [1.165, 1.54) is 7.11 Å². The van der Waals surface area contributed by atoms with Crippen molar-refractivity contribution in [2.75, 3.05) is 7.11 Å². The van der Waals surface area contributed by atoms with Gasteiger partial charge in [0.15, 0.2) is 0 Å². The highest BCUT2D eigenvalue weighted by atomic mass is 127. The maximum atomic E-state index is 11.7. The molecular formula is C14H9IO3. The van der Waals surface area contributed by atoms with Gasteiger partial charge in [-0.2, -0.15) is 0 Å². The smallest absolute Gasteiger partial charge is 0.338 e. The molecule has 1 heterocycles. The van der Waals surface area contributed by atoms with Gasteiger partial charge in [-0.3, -0.25) is 0 Å². The van der Waals surface area contributed by atoms with Crippen molar-refractivity contribution in [3.63, 3.8) is 0 Å². The second kappa shape index (κ2) is 4.28. The summed E-state index contributed by atoms with van der Waals surface area (Å²) in [6.07, 6.45) is 0. The first-order valence-corrected chi connectivity index (χ1v) is 6.48. The number of methoxy groups -OCH3 is 1. The first-order valence-electron chi connectivity index (χ1n) is 5.40. The van der Waals surface area contributed by atoms with E-state index in [0.717, 1.165) is 25.5 Å². The van der Waals surface area contributed by atoms with Crippen LogP contribution in [0.4, 0.5) is 0 Å². The Labute approximate surface area is 117 Å². The van der Waals surface area contributed by atoms with Crippen LogP contribution in [0.5, 0.6) is 0 Å². The summed E-state index contributed by atoms with van der Waals surface area (Å²) in [7, 11) is 1.39. The molecule has 4 heteroatoms. The molecule has 0 spiro atoms. The molecule has 0 amide bonds. The fourth-order valence-corrected chi connectivity index (χ4v) is 3.00. The van der Waals surface area contributed by atoms with Gasteiger partial charge in [-0.1, -0.05) is 18.2 Å². The standard InChI is InChI=1S/C14H9IO3/c1-17-14(16)9-6-7-11-12(13(9)15)8-4-2-3-5-10(8)18-11/h2-7H,1H3. The number of para-hydroxylation sites is 1. The van der Waals surface area contributed by atoms with Gasteiger partial charge in [0.2, 0.25) is 0 Å². The SMILES string of the molecule is COC(=O)c1ccc2oc3ccccc3c2c1I. The Morgan fingerprint density at radius 3 is 2.72 bits per heavy atom. The van der Waals surface area contributed by atoms with Crippen molar-refractivity contribution >= 4 is 50.5 Å². The van der Waals surface area contributed by atoms with Crippen LogP contribution in [0.15, 0.2) is 40.8 Å². The Bertz CT molecular complexity index is 758.